The largest absolute Gasteiger partial charge is 0.481 e. The van der Waals surface area contributed by atoms with Crippen LogP contribution in [0.4, 0.5) is 0 Å². The van der Waals surface area contributed by atoms with Crippen LogP contribution in [0.1, 0.15) is 13.3 Å². The molecule has 0 radical (unpaired) electrons. The molecule has 0 unspecified atom stereocenters. The van der Waals surface area contributed by atoms with Crippen LogP contribution < -0.4 is 0 Å². The zero-order valence-corrected chi connectivity index (χ0v) is 6.52. The number of rotatable bonds is 2. The highest BCUT2D eigenvalue weighted by Crippen LogP contribution is 2.15. The Labute approximate surface area is 68.8 Å². The first-order valence-corrected chi connectivity index (χ1v) is 3.47. The van der Waals surface area contributed by atoms with Gasteiger partial charge in [0, 0.05) is 0 Å². The summed E-state index contributed by atoms with van der Waals surface area (Å²) in [5.74, 6) is -1.65. The first kappa shape index (κ1) is 8.58. The van der Waals surface area contributed by atoms with Crippen molar-refractivity contribution in [3.8, 4) is 0 Å². The normalized spacial score (nSPS) is 22.2. The summed E-state index contributed by atoms with van der Waals surface area (Å²) in [4.78, 5) is 21.0. The van der Waals surface area contributed by atoms with Crippen LogP contribution in [0.15, 0.2) is 22.0 Å². The Morgan fingerprint density at radius 3 is 2.83 bits per heavy atom. The van der Waals surface area contributed by atoms with E-state index in [4.69, 9.17) is 5.11 Å². The molecule has 1 rings (SSSR count). The molecule has 0 aromatic rings. The third kappa shape index (κ3) is 1.98. The van der Waals surface area contributed by atoms with Crippen LogP contribution in [-0.2, 0) is 9.59 Å². The number of hydrogen-bond acceptors (Lipinski definition) is 3. The molecule has 0 spiro atoms. The van der Waals surface area contributed by atoms with Crippen LogP contribution >= 0.6 is 0 Å². The monoisotopic (exact) mass is 168 g/mol. The maximum absolute atomic E-state index is 10.8. The Balaban J connectivity index is 2.69. The van der Waals surface area contributed by atoms with E-state index in [-0.39, 0.29) is 18.2 Å². The Hall–Kier alpha value is -1.52. The maximum atomic E-state index is 10.8. The maximum Gasteiger partial charge on any atom is 0.309 e. The number of azo groups is 1. The molecular formula is C7H8N2O3. The number of hydrogen-bond donors (Lipinski definition) is 1. The van der Waals surface area contributed by atoms with Crippen LogP contribution in [0.25, 0.3) is 0 Å². The van der Waals surface area contributed by atoms with Gasteiger partial charge in [-0.25, -0.2) is 0 Å². The summed E-state index contributed by atoms with van der Waals surface area (Å²) >= 11 is 0. The van der Waals surface area contributed by atoms with Crippen molar-refractivity contribution in [3.05, 3.63) is 11.8 Å². The molecule has 5 heteroatoms. The van der Waals surface area contributed by atoms with E-state index in [1.807, 2.05) is 0 Å². The minimum atomic E-state index is -0.971. The molecule has 64 valence electrons. The smallest absolute Gasteiger partial charge is 0.309 e. The lowest BCUT2D eigenvalue weighted by molar-refractivity contribution is -0.136. The van der Waals surface area contributed by atoms with Gasteiger partial charge in [0.2, 0.25) is 0 Å². The van der Waals surface area contributed by atoms with Crippen LogP contribution in [0.3, 0.4) is 0 Å². The van der Waals surface area contributed by atoms with Crippen molar-refractivity contribution in [1.29, 1.82) is 0 Å². The van der Waals surface area contributed by atoms with Gasteiger partial charge >= 0.3 is 5.97 Å². The van der Waals surface area contributed by atoms with Crippen molar-refractivity contribution in [2.24, 2.45) is 16.1 Å². The summed E-state index contributed by atoms with van der Waals surface area (Å²) in [5.41, 5.74) is 0.342. The van der Waals surface area contributed by atoms with Crippen molar-refractivity contribution in [3.63, 3.8) is 0 Å². The first-order valence-electron chi connectivity index (χ1n) is 3.47. The lowest BCUT2D eigenvalue weighted by atomic mass is 10.1. The fourth-order valence-corrected chi connectivity index (χ4v) is 0.847. The molecule has 0 aromatic carbocycles. The van der Waals surface area contributed by atoms with E-state index in [0.717, 1.165) is 0 Å². The Morgan fingerprint density at radius 2 is 2.33 bits per heavy atom. The topological polar surface area (TPSA) is 79.1 Å². The summed E-state index contributed by atoms with van der Waals surface area (Å²) in [5, 5.41) is 15.1. The summed E-state index contributed by atoms with van der Waals surface area (Å²) in [6.45, 7) is 1.66. The molecule has 1 amide bonds. The van der Waals surface area contributed by atoms with Crippen molar-refractivity contribution in [2.45, 2.75) is 13.3 Å². The fraction of sp³-hybridized carbons (Fsp3) is 0.429. The molecule has 0 saturated carbocycles. The molecule has 1 aliphatic heterocycles. The highest BCUT2D eigenvalue weighted by molar-refractivity contribution is 5.82. The molecular weight excluding hydrogens is 160 g/mol. The second-order valence-corrected chi connectivity index (χ2v) is 2.56. The molecule has 1 heterocycles. The average Bonchev–Trinajstić information content (AvgIpc) is 1.96. The zero-order valence-electron chi connectivity index (χ0n) is 6.52. The summed E-state index contributed by atoms with van der Waals surface area (Å²) < 4.78 is 0. The van der Waals surface area contributed by atoms with Crippen LogP contribution in [0.5, 0.6) is 0 Å². The van der Waals surface area contributed by atoms with Gasteiger partial charge in [0.1, 0.15) is 0 Å². The number of nitrogens with zero attached hydrogens (tertiary/aromatic N) is 2. The van der Waals surface area contributed by atoms with Gasteiger partial charge in [-0.2, -0.15) is 5.11 Å². The molecule has 0 saturated heterocycles. The average molecular weight is 168 g/mol. The number of carboxylic acids is 1. The van der Waals surface area contributed by atoms with Crippen molar-refractivity contribution in [1.82, 2.24) is 0 Å². The summed E-state index contributed by atoms with van der Waals surface area (Å²) in [6, 6.07) is 0. The number of carboxylic acid groups (broad SMARTS) is 1. The van der Waals surface area contributed by atoms with E-state index in [1.54, 1.807) is 6.92 Å². The van der Waals surface area contributed by atoms with E-state index in [9.17, 15) is 9.59 Å². The van der Waals surface area contributed by atoms with Crippen LogP contribution in [-0.4, -0.2) is 17.0 Å². The van der Waals surface area contributed by atoms with Gasteiger partial charge in [-0.1, -0.05) is 0 Å². The molecule has 0 fully saturated rings. The molecule has 1 N–H and O–H groups in total. The first-order chi connectivity index (χ1) is 5.59. The Morgan fingerprint density at radius 1 is 1.67 bits per heavy atom. The van der Waals surface area contributed by atoms with Gasteiger partial charge < -0.3 is 5.11 Å². The summed E-state index contributed by atoms with van der Waals surface area (Å²) in [6.07, 6.45) is 1.34. The SMILES string of the molecule is C[C@H]1C=C(CC(=O)O)N=NC1=O. The molecule has 0 aromatic heterocycles. The van der Waals surface area contributed by atoms with Crippen LogP contribution in [0, 0.1) is 5.92 Å². The Bertz CT molecular complexity index is 280. The van der Waals surface area contributed by atoms with Gasteiger partial charge in [0.15, 0.2) is 0 Å². The van der Waals surface area contributed by atoms with Crippen LogP contribution in [0.2, 0.25) is 0 Å². The minimum Gasteiger partial charge on any atom is -0.481 e. The molecule has 1 atom stereocenters. The number of amides is 1. The lowest BCUT2D eigenvalue weighted by Crippen LogP contribution is -2.10. The van der Waals surface area contributed by atoms with Crippen molar-refractivity contribution < 1.29 is 14.7 Å². The van der Waals surface area contributed by atoms with E-state index in [0.29, 0.717) is 5.70 Å². The van der Waals surface area contributed by atoms with Gasteiger partial charge in [-0.3, -0.25) is 9.59 Å². The van der Waals surface area contributed by atoms with Crippen molar-refractivity contribution in [2.75, 3.05) is 0 Å². The second-order valence-electron chi connectivity index (χ2n) is 2.56. The van der Waals surface area contributed by atoms with Gasteiger partial charge in [-0.15, -0.1) is 5.11 Å². The number of carbonyl (C=O) groups is 2. The summed E-state index contributed by atoms with van der Waals surface area (Å²) in [7, 11) is 0. The standard InChI is InChI=1S/C7H8N2O3/c1-4-2-5(3-6(10)11)8-9-7(4)12/h2,4H,3H2,1H3,(H,10,11)/t4-/m0/s1. The highest BCUT2D eigenvalue weighted by Gasteiger charge is 2.16. The third-order valence-electron chi connectivity index (χ3n) is 1.44. The number of aliphatic carboxylic acids is 1. The molecule has 1 aliphatic rings. The van der Waals surface area contributed by atoms with Gasteiger partial charge in [0.05, 0.1) is 18.0 Å². The quantitative estimate of drug-likeness (QED) is 0.667. The number of carbonyl (C=O) groups excluding carboxylic acids is 1. The minimum absolute atomic E-state index is 0.179. The molecule has 12 heavy (non-hydrogen) atoms. The predicted molar refractivity (Wildman–Crippen MR) is 39.4 cm³/mol. The van der Waals surface area contributed by atoms with Gasteiger partial charge in [-0.05, 0) is 13.0 Å². The Kier molecular flexibility index (Phi) is 2.32. The highest BCUT2D eigenvalue weighted by atomic mass is 16.4. The van der Waals surface area contributed by atoms with E-state index < -0.39 is 5.97 Å². The fourth-order valence-electron chi connectivity index (χ4n) is 0.847. The second kappa shape index (κ2) is 3.25. The van der Waals surface area contributed by atoms with Gasteiger partial charge in [0.25, 0.3) is 5.91 Å². The van der Waals surface area contributed by atoms with Crippen molar-refractivity contribution >= 4 is 11.9 Å². The van der Waals surface area contributed by atoms with E-state index in [1.165, 1.54) is 6.08 Å². The van der Waals surface area contributed by atoms with E-state index >= 15 is 0 Å². The zero-order chi connectivity index (χ0) is 9.14. The predicted octanol–water partition coefficient (Wildman–Crippen LogP) is 0.974. The molecule has 0 aliphatic carbocycles. The third-order valence-corrected chi connectivity index (χ3v) is 1.44. The molecule has 0 bridgehead atoms. The van der Waals surface area contributed by atoms with E-state index in [2.05, 4.69) is 10.2 Å². The lowest BCUT2D eigenvalue weighted by Gasteiger charge is -2.06. The molecule has 5 nitrogen and oxygen atoms in total.